The van der Waals surface area contributed by atoms with Crippen molar-refractivity contribution in [3.05, 3.63) is 53.1 Å². The molecule has 3 nitrogen and oxygen atoms in total. The van der Waals surface area contributed by atoms with Gasteiger partial charge in [0.2, 0.25) is 0 Å². The van der Waals surface area contributed by atoms with Gasteiger partial charge in [-0.1, -0.05) is 29.8 Å². The van der Waals surface area contributed by atoms with Gasteiger partial charge in [-0.05, 0) is 41.0 Å². The highest BCUT2D eigenvalue weighted by Gasteiger charge is 2.08. The van der Waals surface area contributed by atoms with Gasteiger partial charge in [-0.2, -0.15) is 0 Å². The van der Waals surface area contributed by atoms with Crippen molar-refractivity contribution in [3.63, 3.8) is 0 Å². The van der Waals surface area contributed by atoms with Crippen molar-refractivity contribution in [1.82, 2.24) is 0 Å². The Labute approximate surface area is 116 Å². The number of carbonyl (C=O) groups is 1. The number of halogens is 1. The van der Waals surface area contributed by atoms with Crippen LogP contribution in [0.5, 0.6) is 5.75 Å². The van der Waals surface area contributed by atoms with E-state index in [2.05, 4.69) is 0 Å². The summed E-state index contributed by atoms with van der Waals surface area (Å²) in [4.78, 5) is 10.8. The zero-order valence-corrected chi connectivity index (χ0v) is 11.1. The number of methoxy groups -OCH3 is 1. The fourth-order valence-electron chi connectivity index (χ4n) is 1.86. The summed E-state index contributed by atoms with van der Waals surface area (Å²) in [7, 11) is 1.61. The summed E-state index contributed by atoms with van der Waals surface area (Å²) in [6.07, 6.45) is -0.0867. The van der Waals surface area contributed by atoms with E-state index in [9.17, 15) is 4.79 Å². The van der Waals surface area contributed by atoms with Gasteiger partial charge in [0.1, 0.15) is 5.75 Å². The van der Waals surface area contributed by atoms with E-state index < -0.39 is 5.97 Å². The Balaban J connectivity index is 2.41. The summed E-state index contributed by atoms with van der Waals surface area (Å²) in [6.45, 7) is 0. The zero-order chi connectivity index (χ0) is 13.8. The summed E-state index contributed by atoms with van der Waals surface area (Å²) in [5, 5.41) is 9.32. The Morgan fingerprint density at radius 2 is 1.95 bits per heavy atom. The van der Waals surface area contributed by atoms with Crippen molar-refractivity contribution >= 4 is 17.6 Å². The molecule has 0 spiro atoms. The minimum absolute atomic E-state index is 0.0867. The van der Waals surface area contributed by atoms with Gasteiger partial charge in [0, 0.05) is 5.02 Å². The Morgan fingerprint density at radius 3 is 2.63 bits per heavy atom. The lowest BCUT2D eigenvalue weighted by Crippen LogP contribution is -2.00. The van der Waals surface area contributed by atoms with Gasteiger partial charge in [0.15, 0.2) is 0 Å². The fraction of sp³-hybridized carbons (Fsp3) is 0.133. The molecule has 0 amide bonds. The van der Waals surface area contributed by atoms with E-state index >= 15 is 0 Å². The summed E-state index contributed by atoms with van der Waals surface area (Å²) >= 11 is 6.00. The molecule has 98 valence electrons. The van der Waals surface area contributed by atoms with Crippen LogP contribution in [0, 0.1) is 0 Å². The second kappa shape index (κ2) is 5.76. The van der Waals surface area contributed by atoms with Crippen LogP contribution in [0.2, 0.25) is 5.02 Å². The lowest BCUT2D eigenvalue weighted by Gasteiger charge is -2.08. The molecular formula is C15H13ClO3. The maximum Gasteiger partial charge on any atom is 0.307 e. The Morgan fingerprint density at radius 1 is 1.21 bits per heavy atom. The fourth-order valence-corrected chi connectivity index (χ4v) is 2.04. The van der Waals surface area contributed by atoms with Crippen LogP contribution in [0.1, 0.15) is 5.56 Å². The van der Waals surface area contributed by atoms with E-state index in [1.54, 1.807) is 19.2 Å². The molecule has 0 atom stereocenters. The van der Waals surface area contributed by atoms with Crippen LogP contribution in [0.15, 0.2) is 42.5 Å². The number of hydrogen-bond donors (Lipinski definition) is 1. The number of carboxylic acids is 1. The predicted octanol–water partition coefficient (Wildman–Crippen LogP) is 3.64. The molecule has 0 heterocycles. The van der Waals surface area contributed by atoms with Crippen LogP contribution in [0.25, 0.3) is 11.1 Å². The molecule has 0 aromatic heterocycles. The smallest absolute Gasteiger partial charge is 0.307 e. The predicted molar refractivity (Wildman–Crippen MR) is 74.8 cm³/mol. The van der Waals surface area contributed by atoms with Crippen molar-refractivity contribution in [2.45, 2.75) is 6.42 Å². The molecule has 0 saturated carbocycles. The molecule has 0 aliphatic heterocycles. The number of aliphatic carboxylic acids is 1. The maximum atomic E-state index is 10.8. The van der Waals surface area contributed by atoms with Crippen molar-refractivity contribution in [2.75, 3.05) is 7.11 Å². The van der Waals surface area contributed by atoms with Crippen molar-refractivity contribution in [2.24, 2.45) is 0 Å². The molecule has 2 aromatic carbocycles. The van der Waals surface area contributed by atoms with E-state index in [4.69, 9.17) is 21.4 Å². The van der Waals surface area contributed by atoms with Gasteiger partial charge >= 0.3 is 5.97 Å². The topological polar surface area (TPSA) is 46.5 Å². The average Bonchev–Trinajstić information content (AvgIpc) is 2.41. The van der Waals surface area contributed by atoms with Crippen molar-refractivity contribution in [1.29, 1.82) is 0 Å². The highest BCUT2D eigenvalue weighted by atomic mass is 35.5. The summed E-state index contributed by atoms with van der Waals surface area (Å²) in [6, 6.07) is 13.0. The van der Waals surface area contributed by atoms with Crippen molar-refractivity contribution in [3.8, 4) is 16.9 Å². The third-order valence-electron chi connectivity index (χ3n) is 2.79. The first kappa shape index (κ1) is 13.4. The third kappa shape index (κ3) is 3.26. The van der Waals surface area contributed by atoms with Gasteiger partial charge < -0.3 is 9.84 Å². The van der Waals surface area contributed by atoms with E-state index in [0.29, 0.717) is 10.6 Å². The molecular weight excluding hydrogens is 264 g/mol. The minimum atomic E-state index is -0.898. The molecule has 0 aliphatic carbocycles. The van der Waals surface area contributed by atoms with Gasteiger partial charge in [-0.25, -0.2) is 0 Å². The highest BCUT2D eigenvalue weighted by molar-refractivity contribution is 6.31. The minimum Gasteiger partial charge on any atom is -0.497 e. The lowest BCUT2D eigenvalue weighted by molar-refractivity contribution is -0.136. The first-order chi connectivity index (χ1) is 9.10. The second-order valence-electron chi connectivity index (χ2n) is 4.11. The van der Waals surface area contributed by atoms with Gasteiger partial charge in [-0.15, -0.1) is 0 Å². The molecule has 2 aromatic rings. The van der Waals surface area contributed by atoms with Crippen LogP contribution in [-0.4, -0.2) is 18.2 Å². The van der Waals surface area contributed by atoms with Gasteiger partial charge in [-0.3, -0.25) is 4.79 Å². The standard InChI is InChI=1S/C15H13ClO3/c1-19-13-4-2-3-10(8-13)11-5-6-14(16)12(7-11)9-15(17)18/h2-8H,9H2,1H3,(H,17,18). The van der Waals surface area contributed by atoms with E-state index in [1.165, 1.54) is 0 Å². The first-order valence-electron chi connectivity index (χ1n) is 5.75. The van der Waals surface area contributed by atoms with E-state index in [1.807, 2.05) is 30.3 Å². The Kier molecular flexibility index (Phi) is 4.07. The average molecular weight is 277 g/mol. The number of carboxylic acid groups (broad SMARTS) is 1. The largest absolute Gasteiger partial charge is 0.497 e. The van der Waals surface area contributed by atoms with Gasteiger partial charge in [0.25, 0.3) is 0 Å². The molecule has 0 unspecified atom stereocenters. The molecule has 0 fully saturated rings. The lowest BCUT2D eigenvalue weighted by atomic mass is 10.0. The third-order valence-corrected chi connectivity index (χ3v) is 3.16. The quantitative estimate of drug-likeness (QED) is 0.927. The van der Waals surface area contributed by atoms with Crippen LogP contribution in [0.3, 0.4) is 0 Å². The summed E-state index contributed by atoms with van der Waals surface area (Å²) in [5.41, 5.74) is 2.48. The normalized spacial score (nSPS) is 10.2. The Hall–Kier alpha value is -2.00. The molecule has 0 bridgehead atoms. The molecule has 0 radical (unpaired) electrons. The number of benzene rings is 2. The van der Waals surface area contributed by atoms with E-state index in [0.717, 1.165) is 16.9 Å². The zero-order valence-electron chi connectivity index (χ0n) is 10.4. The summed E-state index contributed by atoms with van der Waals surface area (Å²) in [5.74, 6) is -0.142. The van der Waals surface area contributed by atoms with Crippen LogP contribution < -0.4 is 4.74 Å². The van der Waals surface area contributed by atoms with E-state index in [-0.39, 0.29) is 6.42 Å². The molecule has 0 saturated heterocycles. The van der Waals surface area contributed by atoms with Crippen molar-refractivity contribution < 1.29 is 14.6 Å². The van der Waals surface area contributed by atoms with Crippen LogP contribution in [-0.2, 0) is 11.2 Å². The monoisotopic (exact) mass is 276 g/mol. The van der Waals surface area contributed by atoms with Crippen LogP contribution in [0.4, 0.5) is 0 Å². The van der Waals surface area contributed by atoms with Crippen LogP contribution >= 0.6 is 11.6 Å². The molecule has 1 N–H and O–H groups in total. The molecule has 19 heavy (non-hydrogen) atoms. The summed E-state index contributed by atoms with van der Waals surface area (Å²) < 4.78 is 5.17. The highest BCUT2D eigenvalue weighted by Crippen LogP contribution is 2.27. The second-order valence-corrected chi connectivity index (χ2v) is 4.52. The van der Waals surface area contributed by atoms with Gasteiger partial charge in [0.05, 0.1) is 13.5 Å². The Bertz CT molecular complexity index is 608. The molecule has 2 rings (SSSR count). The number of rotatable bonds is 4. The number of hydrogen-bond acceptors (Lipinski definition) is 2. The first-order valence-corrected chi connectivity index (χ1v) is 6.12. The number of ether oxygens (including phenoxy) is 1. The molecule has 4 heteroatoms. The molecule has 0 aliphatic rings. The SMILES string of the molecule is COc1cccc(-c2ccc(Cl)c(CC(=O)O)c2)c1. The maximum absolute atomic E-state index is 10.8.